The lowest BCUT2D eigenvalue weighted by Gasteiger charge is -2.44. The van der Waals surface area contributed by atoms with Crippen LogP contribution in [0.25, 0.3) is 0 Å². The fourth-order valence-corrected chi connectivity index (χ4v) is 7.25. The van der Waals surface area contributed by atoms with Gasteiger partial charge in [0.05, 0.1) is 27.2 Å². The Kier molecular flexibility index (Phi) is 9.09. The fraction of sp³-hybridized carbons (Fsp3) is 0.700. The summed E-state index contributed by atoms with van der Waals surface area (Å²) in [4.78, 5) is 12.6. The molecule has 0 bridgehead atoms. The zero-order valence-corrected chi connectivity index (χ0v) is 24.1. The van der Waals surface area contributed by atoms with Crippen LogP contribution in [0.2, 0.25) is 19.6 Å². The lowest BCUT2D eigenvalue weighted by Crippen LogP contribution is -2.46. The monoisotopic (exact) mass is 500 g/mol. The van der Waals surface area contributed by atoms with Crippen molar-refractivity contribution in [2.24, 2.45) is 29.1 Å². The Morgan fingerprint density at radius 2 is 1.74 bits per heavy atom. The third-order valence-corrected chi connectivity index (χ3v) is 9.11. The standard InChI is InChI=1S/C30H48O4Si/c1-22-13-15-25(26(28(31)32)16-14-23-11-9-8-10-12-23)27(19-35(5,6)7)24(22)17-18-30(4)33-20-29(2,3)21-34-30/h8-12,19,22,24-26H,13-18,20-21H2,1-7H3,(H,31,32)/b27-19+/t22-,24+,25+,26+/m1/s1. The van der Waals surface area contributed by atoms with Crippen molar-refractivity contribution in [3.8, 4) is 0 Å². The van der Waals surface area contributed by atoms with Crippen molar-refractivity contribution in [1.82, 2.24) is 0 Å². The van der Waals surface area contributed by atoms with Crippen molar-refractivity contribution in [2.75, 3.05) is 13.2 Å². The minimum Gasteiger partial charge on any atom is -0.481 e. The predicted molar refractivity (Wildman–Crippen MR) is 146 cm³/mol. The summed E-state index contributed by atoms with van der Waals surface area (Å²) in [6.07, 6.45) is 5.38. The van der Waals surface area contributed by atoms with Crippen LogP contribution in [0.1, 0.15) is 65.4 Å². The van der Waals surface area contributed by atoms with Gasteiger partial charge in [0.25, 0.3) is 0 Å². The minimum absolute atomic E-state index is 0.0547. The Hall–Kier alpha value is -1.43. The molecule has 4 atom stereocenters. The number of benzene rings is 1. The molecule has 1 saturated carbocycles. The zero-order valence-electron chi connectivity index (χ0n) is 23.1. The Morgan fingerprint density at radius 1 is 1.11 bits per heavy atom. The Morgan fingerprint density at radius 3 is 2.31 bits per heavy atom. The second kappa shape index (κ2) is 11.3. The van der Waals surface area contributed by atoms with E-state index in [9.17, 15) is 9.90 Å². The van der Waals surface area contributed by atoms with Gasteiger partial charge in [0.15, 0.2) is 5.79 Å². The first-order valence-electron chi connectivity index (χ1n) is 13.6. The van der Waals surface area contributed by atoms with Gasteiger partial charge in [-0.3, -0.25) is 4.79 Å². The summed E-state index contributed by atoms with van der Waals surface area (Å²) in [6, 6.07) is 10.3. The van der Waals surface area contributed by atoms with Gasteiger partial charge in [-0.1, -0.05) is 82.0 Å². The highest BCUT2D eigenvalue weighted by Gasteiger charge is 2.42. The number of carboxylic acids is 1. The van der Waals surface area contributed by atoms with Crippen molar-refractivity contribution < 1.29 is 19.4 Å². The van der Waals surface area contributed by atoms with Crippen LogP contribution in [0.5, 0.6) is 0 Å². The van der Waals surface area contributed by atoms with E-state index < -0.39 is 19.8 Å². The number of rotatable bonds is 9. The van der Waals surface area contributed by atoms with Gasteiger partial charge in [0, 0.05) is 11.8 Å². The minimum atomic E-state index is -1.55. The Bertz CT molecular complexity index is 860. The van der Waals surface area contributed by atoms with Crippen molar-refractivity contribution in [2.45, 2.75) is 91.6 Å². The molecule has 0 spiro atoms. The maximum absolute atomic E-state index is 12.6. The van der Waals surface area contributed by atoms with Gasteiger partial charge >= 0.3 is 5.97 Å². The van der Waals surface area contributed by atoms with E-state index in [-0.39, 0.29) is 17.3 Å². The lowest BCUT2D eigenvalue weighted by atomic mass is 9.65. The first-order chi connectivity index (χ1) is 16.3. The van der Waals surface area contributed by atoms with Gasteiger partial charge in [-0.15, -0.1) is 0 Å². The molecule has 35 heavy (non-hydrogen) atoms. The largest absolute Gasteiger partial charge is 0.481 e. The van der Waals surface area contributed by atoms with E-state index in [4.69, 9.17) is 9.47 Å². The quantitative estimate of drug-likeness (QED) is 0.360. The summed E-state index contributed by atoms with van der Waals surface area (Å²) >= 11 is 0. The molecule has 1 aromatic carbocycles. The molecular weight excluding hydrogens is 452 g/mol. The maximum atomic E-state index is 12.6. The van der Waals surface area contributed by atoms with Crippen molar-refractivity contribution in [3.63, 3.8) is 0 Å². The van der Waals surface area contributed by atoms with E-state index >= 15 is 0 Å². The van der Waals surface area contributed by atoms with Crippen LogP contribution in [0, 0.1) is 29.1 Å². The second-order valence-electron chi connectivity index (χ2n) is 13.2. The molecule has 1 aliphatic heterocycles. The van der Waals surface area contributed by atoms with Crippen LogP contribution in [0.4, 0.5) is 0 Å². The predicted octanol–water partition coefficient (Wildman–Crippen LogP) is 7.36. The van der Waals surface area contributed by atoms with Gasteiger partial charge in [0.1, 0.15) is 0 Å². The highest BCUT2D eigenvalue weighted by atomic mass is 28.3. The topological polar surface area (TPSA) is 55.8 Å². The molecule has 4 nitrogen and oxygen atoms in total. The summed E-state index contributed by atoms with van der Waals surface area (Å²) in [5, 5.41) is 10.3. The molecule has 1 heterocycles. The van der Waals surface area contributed by atoms with Gasteiger partial charge in [0.2, 0.25) is 0 Å². The molecule has 1 aromatic rings. The van der Waals surface area contributed by atoms with Crippen LogP contribution in [0.3, 0.4) is 0 Å². The van der Waals surface area contributed by atoms with E-state index in [1.165, 1.54) is 11.1 Å². The number of allylic oxidation sites excluding steroid dienone is 1. The third kappa shape index (κ3) is 8.03. The molecule has 2 fully saturated rings. The third-order valence-electron chi connectivity index (χ3n) is 7.91. The summed E-state index contributed by atoms with van der Waals surface area (Å²) < 4.78 is 12.4. The van der Waals surface area contributed by atoms with Crippen LogP contribution in [-0.4, -0.2) is 38.2 Å². The molecule has 1 saturated heterocycles. The SMILES string of the molecule is C[C@@H]1CC[C@@H]([C@H](CCc2ccccc2)C(=O)O)/C(=C/[Si](C)(C)C)[C@H]1CCC1(C)OCC(C)(C)CO1. The molecular formula is C30H48O4Si. The van der Waals surface area contributed by atoms with Gasteiger partial charge in [-0.25, -0.2) is 0 Å². The second-order valence-corrected chi connectivity index (χ2v) is 18.2. The van der Waals surface area contributed by atoms with Gasteiger partial charge < -0.3 is 14.6 Å². The molecule has 1 aliphatic carbocycles. The number of ether oxygens (including phenoxy) is 2. The van der Waals surface area contributed by atoms with Crippen LogP contribution in [0.15, 0.2) is 41.6 Å². The molecule has 196 valence electrons. The van der Waals surface area contributed by atoms with Gasteiger partial charge in [-0.05, 0) is 62.3 Å². The van der Waals surface area contributed by atoms with Gasteiger partial charge in [-0.2, -0.15) is 0 Å². The van der Waals surface area contributed by atoms with E-state index in [0.29, 0.717) is 31.5 Å². The van der Waals surface area contributed by atoms with Crippen molar-refractivity contribution in [3.05, 3.63) is 47.2 Å². The summed E-state index contributed by atoms with van der Waals surface area (Å²) in [7, 11) is -1.55. The number of aliphatic carboxylic acids is 1. The normalized spacial score (nSPS) is 28.5. The molecule has 0 radical (unpaired) electrons. The summed E-state index contributed by atoms with van der Waals surface area (Å²) in [6.45, 7) is 17.3. The average molecular weight is 501 g/mol. The first-order valence-corrected chi connectivity index (χ1v) is 17.1. The highest BCUT2D eigenvalue weighted by Crippen LogP contribution is 2.47. The van der Waals surface area contributed by atoms with E-state index in [1.807, 2.05) is 18.2 Å². The average Bonchev–Trinajstić information content (AvgIpc) is 2.77. The van der Waals surface area contributed by atoms with Crippen LogP contribution in [-0.2, 0) is 20.7 Å². The summed E-state index contributed by atoms with van der Waals surface area (Å²) in [5.41, 5.74) is 5.23. The molecule has 1 N–H and O–H groups in total. The maximum Gasteiger partial charge on any atom is 0.307 e. The zero-order chi connectivity index (χ0) is 25.9. The molecule has 5 heteroatoms. The number of hydrogen-bond acceptors (Lipinski definition) is 3. The lowest BCUT2D eigenvalue weighted by molar-refractivity contribution is -0.293. The molecule has 0 unspecified atom stereocenters. The number of hydrogen-bond donors (Lipinski definition) is 1. The number of aryl methyl sites for hydroxylation is 1. The van der Waals surface area contributed by atoms with E-state index in [0.717, 1.165) is 32.1 Å². The number of carboxylic acid groups (broad SMARTS) is 1. The smallest absolute Gasteiger partial charge is 0.307 e. The molecule has 0 aromatic heterocycles. The molecule has 0 amide bonds. The van der Waals surface area contributed by atoms with Crippen LogP contribution < -0.4 is 0 Å². The van der Waals surface area contributed by atoms with E-state index in [2.05, 4.69) is 65.2 Å². The van der Waals surface area contributed by atoms with E-state index in [1.54, 1.807) is 0 Å². The molecule has 2 aliphatic rings. The number of carbonyl (C=O) groups is 1. The van der Waals surface area contributed by atoms with Crippen molar-refractivity contribution in [1.29, 1.82) is 0 Å². The first kappa shape index (κ1) is 28.1. The highest BCUT2D eigenvalue weighted by molar-refractivity contribution is 6.81. The Balaban J connectivity index is 1.81. The molecule has 3 rings (SSSR count). The Labute approximate surface area is 214 Å². The van der Waals surface area contributed by atoms with Crippen LogP contribution >= 0.6 is 0 Å². The fourth-order valence-electron chi connectivity index (χ4n) is 5.82. The summed E-state index contributed by atoms with van der Waals surface area (Å²) in [5.74, 6) is -0.491. The van der Waals surface area contributed by atoms with Crippen molar-refractivity contribution >= 4 is 14.0 Å².